The Morgan fingerprint density at radius 1 is 0.935 bits per heavy atom. The van der Waals surface area contributed by atoms with E-state index in [9.17, 15) is 9.18 Å². The molecule has 0 bridgehead atoms. The van der Waals surface area contributed by atoms with Gasteiger partial charge in [-0.3, -0.25) is 4.79 Å². The first-order valence-electron chi connectivity index (χ1n) is 9.93. The molecule has 152 valence electrons. The third kappa shape index (κ3) is 3.64. The van der Waals surface area contributed by atoms with Gasteiger partial charge >= 0.3 is 0 Å². The van der Waals surface area contributed by atoms with Crippen molar-refractivity contribution in [2.45, 2.75) is 6.54 Å². The predicted octanol–water partition coefficient (Wildman–Crippen LogP) is 5.19. The van der Waals surface area contributed by atoms with E-state index in [1.165, 1.54) is 12.1 Å². The molecule has 0 atom stereocenters. The number of carbonyl (C=O) groups excluding carboxylic acids is 1. The number of nitrogens with zero attached hydrogens (tertiary/aromatic N) is 3. The minimum Gasteiger partial charge on any atom is -0.340 e. The molecule has 2 heterocycles. The summed E-state index contributed by atoms with van der Waals surface area (Å²) in [6, 6.07) is 23.2. The number of halogens is 1. The average molecular weight is 410 g/mol. The molecule has 1 N–H and O–H groups in total. The summed E-state index contributed by atoms with van der Waals surface area (Å²) >= 11 is 0. The van der Waals surface area contributed by atoms with Crippen molar-refractivity contribution in [1.29, 1.82) is 0 Å². The molecule has 6 heteroatoms. The topological polar surface area (TPSA) is 61.9 Å². The summed E-state index contributed by atoms with van der Waals surface area (Å²) in [6.07, 6.45) is 0. The largest absolute Gasteiger partial charge is 0.340 e. The fraction of sp³-hybridized carbons (Fsp3) is 0.0800. The number of carbonyl (C=O) groups is 1. The zero-order valence-corrected chi connectivity index (χ0v) is 16.8. The number of rotatable bonds is 4. The standard InChI is InChI=1S/C25H19FN4O/c1-30(15-24-28-21-8-4-5-9-22(21)29-24)25(31)19-14-23(16-10-12-17(26)13-11-16)27-20-7-3-2-6-18(19)20/h2-14H,15H2,1H3,(H,28,29). The molecule has 0 fully saturated rings. The molecule has 5 aromatic rings. The van der Waals surface area contributed by atoms with Crippen molar-refractivity contribution in [1.82, 2.24) is 19.9 Å². The highest BCUT2D eigenvalue weighted by atomic mass is 19.1. The molecule has 31 heavy (non-hydrogen) atoms. The molecule has 0 radical (unpaired) electrons. The van der Waals surface area contributed by atoms with Gasteiger partial charge in [0.1, 0.15) is 11.6 Å². The van der Waals surface area contributed by atoms with Gasteiger partial charge in [0.05, 0.1) is 34.4 Å². The van der Waals surface area contributed by atoms with Gasteiger partial charge < -0.3 is 9.88 Å². The number of nitrogens with one attached hydrogen (secondary N) is 1. The third-order valence-electron chi connectivity index (χ3n) is 5.26. The molecular weight excluding hydrogens is 391 g/mol. The molecule has 5 nitrogen and oxygen atoms in total. The molecule has 0 spiro atoms. The lowest BCUT2D eigenvalue weighted by molar-refractivity contribution is 0.0784. The number of benzene rings is 3. The van der Waals surface area contributed by atoms with Gasteiger partial charge in [-0.2, -0.15) is 0 Å². The van der Waals surface area contributed by atoms with Crippen molar-refractivity contribution >= 4 is 27.8 Å². The minimum absolute atomic E-state index is 0.137. The Bertz CT molecular complexity index is 1380. The Hall–Kier alpha value is -4.06. The monoisotopic (exact) mass is 410 g/mol. The highest BCUT2D eigenvalue weighted by molar-refractivity contribution is 6.07. The number of H-pyrrole nitrogens is 1. The highest BCUT2D eigenvalue weighted by Gasteiger charge is 2.19. The summed E-state index contributed by atoms with van der Waals surface area (Å²) in [6.45, 7) is 0.343. The summed E-state index contributed by atoms with van der Waals surface area (Å²) in [7, 11) is 1.75. The lowest BCUT2D eigenvalue weighted by atomic mass is 10.0. The Labute approximate surface area is 178 Å². The second-order valence-corrected chi connectivity index (χ2v) is 7.44. The molecule has 0 saturated heterocycles. The smallest absolute Gasteiger partial charge is 0.254 e. The predicted molar refractivity (Wildman–Crippen MR) is 119 cm³/mol. The first kappa shape index (κ1) is 18.9. The zero-order valence-electron chi connectivity index (χ0n) is 16.8. The van der Waals surface area contributed by atoms with E-state index in [1.54, 1.807) is 30.1 Å². The van der Waals surface area contributed by atoms with Crippen LogP contribution >= 0.6 is 0 Å². The normalized spacial score (nSPS) is 11.2. The van der Waals surface area contributed by atoms with Gasteiger partial charge in [0.2, 0.25) is 0 Å². The number of aromatic amines is 1. The molecule has 1 amide bonds. The number of hydrogen-bond donors (Lipinski definition) is 1. The maximum atomic E-state index is 13.4. The van der Waals surface area contributed by atoms with Crippen LogP contribution in [0, 0.1) is 5.82 Å². The van der Waals surface area contributed by atoms with E-state index in [0.29, 0.717) is 29.1 Å². The van der Waals surface area contributed by atoms with Crippen LogP contribution < -0.4 is 0 Å². The molecule has 0 aliphatic heterocycles. The van der Waals surface area contributed by atoms with Crippen LogP contribution in [-0.4, -0.2) is 32.8 Å². The third-order valence-corrected chi connectivity index (χ3v) is 5.26. The van der Waals surface area contributed by atoms with E-state index in [4.69, 9.17) is 0 Å². The van der Waals surface area contributed by atoms with E-state index < -0.39 is 0 Å². The van der Waals surface area contributed by atoms with Crippen molar-refractivity contribution in [2.75, 3.05) is 7.05 Å². The average Bonchev–Trinajstić information content (AvgIpc) is 3.20. The first-order chi connectivity index (χ1) is 15.1. The number of pyridine rings is 1. The van der Waals surface area contributed by atoms with E-state index in [-0.39, 0.29) is 11.7 Å². The van der Waals surface area contributed by atoms with Gasteiger partial charge in [-0.05, 0) is 48.5 Å². The summed E-state index contributed by atoms with van der Waals surface area (Å²) in [5.74, 6) is 0.267. The van der Waals surface area contributed by atoms with Gasteiger partial charge in [-0.1, -0.05) is 30.3 Å². The van der Waals surface area contributed by atoms with Crippen LogP contribution in [0.25, 0.3) is 33.2 Å². The van der Waals surface area contributed by atoms with Gasteiger partial charge in [0, 0.05) is 18.0 Å². The second-order valence-electron chi connectivity index (χ2n) is 7.44. The van der Waals surface area contributed by atoms with E-state index in [0.717, 1.165) is 22.0 Å². The summed E-state index contributed by atoms with van der Waals surface area (Å²) in [5.41, 5.74) is 4.44. The van der Waals surface area contributed by atoms with E-state index in [1.807, 2.05) is 48.5 Å². The lowest BCUT2D eigenvalue weighted by Gasteiger charge is -2.18. The number of aromatic nitrogens is 3. The molecular formula is C25H19FN4O. The minimum atomic E-state index is -0.314. The van der Waals surface area contributed by atoms with Crippen LogP contribution in [0.15, 0.2) is 78.9 Å². The van der Waals surface area contributed by atoms with Gasteiger partial charge in [0.15, 0.2) is 0 Å². The molecule has 0 aliphatic rings. The second kappa shape index (κ2) is 7.65. The van der Waals surface area contributed by atoms with Gasteiger partial charge in [-0.15, -0.1) is 0 Å². The van der Waals surface area contributed by atoms with Crippen molar-refractivity contribution in [3.8, 4) is 11.3 Å². The Balaban J connectivity index is 1.52. The Morgan fingerprint density at radius 3 is 2.42 bits per heavy atom. The van der Waals surface area contributed by atoms with E-state index >= 15 is 0 Å². The molecule has 0 aliphatic carbocycles. The number of amides is 1. The lowest BCUT2D eigenvalue weighted by Crippen LogP contribution is -2.27. The van der Waals surface area contributed by atoms with Crippen LogP contribution in [0.4, 0.5) is 4.39 Å². The van der Waals surface area contributed by atoms with Crippen molar-refractivity contribution < 1.29 is 9.18 Å². The summed E-state index contributed by atoms with van der Waals surface area (Å²) in [5, 5.41) is 0.773. The van der Waals surface area contributed by atoms with Crippen LogP contribution in [0.5, 0.6) is 0 Å². The van der Waals surface area contributed by atoms with Crippen LogP contribution in [0.3, 0.4) is 0 Å². The zero-order chi connectivity index (χ0) is 21.4. The van der Waals surface area contributed by atoms with E-state index in [2.05, 4.69) is 15.0 Å². The Morgan fingerprint density at radius 2 is 1.65 bits per heavy atom. The fourth-order valence-electron chi connectivity index (χ4n) is 3.70. The summed E-state index contributed by atoms with van der Waals surface area (Å²) in [4.78, 5) is 27.6. The van der Waals surface area contributed by atoms with Crippen LogP contribution in [0.1, 0.15) is 16.2 Å². The molecule has 5 rings (SSSR count). The first-order valence-corrected chi connectivity index (χ1v) is 9.93. The van der Waals surface area contributed by atoms with Crippen molar-refractivity contribution in [2.24, 2.45) is 0 Å². The summed E-state index contributed by atoms with van der Waals surface area (Å²) < 4.78 is 13.4. The maximum Gasteiger partial charge on any atom is 0.254 e. The fourth-order valence-corrected chi connectivity index (χ4v) is 3.70. The Kier molecular flexibility index (Phi) is 4.67. The highest BCUT2D eigenvalue weighted by Crippen LogP contribution is 2.26. The molecule has 0 saturated carbocycles. The van der Waals surface area contributed by atoms with Crippen LogP contribution in [0.2, 0.25) is 0 Å². The number of hydrogen-bond acceptors (Lipinski definition) is 3. The van der Waals surface area contributed by atoms with Gasteiger partial charge in [0.25, 0.3) is 5.91 Å². The van der Waals surface area contributed by atoms with Crippen molar-refractivity contribution in [3.05, 3.63) is 96.1 Å². The SMILES string of the molecule is CN(Cc1nc2ccccc2[nH]1)C(=O)c1cc(-c2ccc(F)cc2)nc2ccccc12. The number of imidazole rings is 1. The van der Waals surface area contributed by atoms with Crippen molar-refractivity contribution in [3.63, 3.8) is 0 Å². The molecule has 0 unspecified atom stereocenters. The number of fused-ring (bicyclic) bond motifs is 2. The quantitative estimate of drug-likeness (QED) is 0.444. The molecule has 3 aromatic carbocycles. The maximum absolute atomic E-state index is 13.4. The number of para-hydroxylation sites is 3. The molecule has 2 aromatic heterocycles. The van der Waals surface area contributed by atoms with Crippen LogP contribution in [-0.2, 0) is 6.54 Å². The van der Waals surface area contributed by atoms with Gasteiger partial charge in [-0.25, -0.2) is 14.4 Å².